The molecule has 4 heteroatoms. The quantitative estimate of drug-likeness (QED) is 0.780. The zero-order chi connectivity index (χ0) is 17.5. The molecule has 0 spiro atoms. The van der Waals surface area contributed by atoms with Crippen molar-refractivity contribution in [2.24, 2.45) is 10.9 Å². The van der Waals surface area contributed by atoms with E-state index < -0.39 is 5.72 Å². The Kier molecular flexibility index (Phi) is 6.35. The Morgan fingerprint density at radius 3 is 2.52 bits per heavy atom. The third-order valence-electron chi connectivity index (χ3n) is 5.51. The van der Waals surface area contributed by atoms with Gasteiger partial charge in [0.25, 0.3) is 0 Å². The van der Waals surface area contributed by atoms with Crippen LogP contribution in [0.2, 0.25) is 0 Å². The molecule has 1 atom stereocenters. The van der Waals surface area contributed by atoms with Crippen LogP contribution < -0.4 is 10.1 Å². The van der Waals surface area contributed by atoms with Crippen molar-refractivity contribution in [2.75, 3.05) is 13.2 Å². The van der Waals surface area contributed by atoms with Crippen LogP contribution in [0.25, 0.3) is 0 Å². The van der Waals surface area contributed by atoms with E-state index in [1.807, 2.05) is 31.2 Å². The minimum Gasteiger partial charge on any atom is -0.494 e. The molecule has 0 saturated heterocycles. The highest BCUT2D eigenvalue weighted by molar-refractivity contribution is 5.83. The zero-order valence-corrected chi connectivity index (χ0v) is 15.5. The number of rotatable bonds is 5. The maximum atomic E-state index is 11.7. The van der Waals surface area contributed by atoms with E-state index in [4.69, 9.17) is 9.73 Å². The second kappa shape index (κ2) is 8.70. The fraction of sp³-hybridized carbons (Fsp3) is 0.667. The van der Waals surface area contributed by atoms with Crippen molar-refractivity contribution in [3.8, 4) is 5.75 Å². The molecular formula is C21H32N2O2. The molecule has 1 fully saturated rings. The normalized spacial score (nSPS) is 21.8. The molecule has 138 valence electrons. The van der Waals surface area contributed by atoms with E-state index >= 15 is 0 Å². The summed E-state index contributed by atoms with van der Waals surface area (Å²) in [5.41, 5.74) is -0.105. The maximum absolute atomic E-state index is 11.7. The first-order valence-corrected chi connectivity index (χ1v) is 9.99. The summed E-state index contributed by atoms with van der Waals surface area (Å²) < 4.78 is 5.55. The van der Waals surface area contributed by atoms with E-state index in [2.05, 4.69) is 5.32 Å². The van der Waals surface area contributed by atoms with Gasteiger partial charge in [-0.05, 0) is 44.7 Å². The molecule has 0 radical (unpaired) electrons. The van der Waals surface area contributed by atoms with Gasteiger partial charge in [0, 0.05) is 24.4 Å². The molecule has 1 saturated carbocycles. The molecule has 2 aliphatic rings. The summed E-state index contributed by atoms with van der Waals surface area (Å²) >= 11 is 0. The molecule has 0 aromatic heterocycles. The van der Waals surface area contributed by atoms with Crippen molar-refractivity contribution in [1.82, 2.24) is 5.32 Å². The topological polar surface area (TPSA) is 53.9 Å². The van der Waals surface area contributed by atoms with Gasteiger partial charge in [-0.3, -0.25) is 4.99 Å². The Balaban J connectivity index is 1.84. The van der Waals surface area contributed by atoms with Gasteiger partial charge in [0.05, 0.1) is 12.4 Å². The summed E-state index contributed by atoms with van der Waals surface area (Å²) in [5.74, 6) is 2.06. The molecule has 1 aliphatic heterocycles. The van der Waals surface area contributed by atoms with Crippen LogP contribution in [0.5, 0.6) is 5.75 Å². The number of hydrogen-bond acceptors (Lipinski definition) is 4. The number of aliphatic hydroxyl groups is 1. The van der Waals surface area contributed by atoms with E-state index in [9.17, 15) is 5.11 Å². The number of aliphatic imine (C=N–C) groups is 1. The molecule has 4 nitrogen and oxygen atoms in total. The Labute approximate surface area is 151 Å². The predicted molar refractivity (Wildman–Crippen MR) is 102 cm³/mol. The van der Waals surface area contributed by atoms with Crippen LogP contribution in [-0.4, -0.2) is 24.1 Å². The summed E-state index contributed by atoms with van der Waals surface area (Å²) in [6, 6.07) is 7.92. The number of amidine groups is 1. The van der Waals surface area contributed by atoms with E-state index in [0.29, 0.717) is 6.61 Å². The van der Waals surface area contributed by atoms with Gasteiger partial charge in [0.1, 0.15) is 5.75 Å². The molecule has 1 aliphatic carbocycles. The molecule has 3 rings (SSSR count). The van der Waals surface area contributed by atoms with Crippen LogP contribution in [0.4, 0.5) is 0 Å². The summed E-state index contributed by atoms with van der Waals surface area (Å²) in [5, 5.41) is 15.2. The Hall–Kier alpha value is -1.55. The molecule has 1 unspecified atom stereocenters. The molecule has 25 heavy (non-hydrogen) atoms. The van der Waals surface area contributed by atoms with E-state index in [-0.39, 0.29) is 5.92 Å². The van der Waals surface area contributed by atoms with Crippen molar-refractivity contribution < 1.29 is 9.84 Å². The summed E-state index contributed by atoms with van der Waals surface area (Å²) in [7, 11) is 0. The minimum absolute atomic E-state index is 0.235. The second-order valence-electron chi connectivity index (χ2n) is 7.32. The lowest BCUT2D eigenvalue weighted by Crippen LogP contribution is -2.50. The highest BCUT2D eigenvalue weighted by atomic mass is 16.5. The van der Waals surface area contributed by atoms with Crippen LogP contribution in [0.1, 0.15) is 70.3 Å². The highest BCUT2D eigenvalue weighted by Crippen LogP contribution is 2.39. The van der Waals surface area contributed by atoms with Gasteiger partial charge in [0.2, 0.25) is 0 Å². The Morgan fingerprint density at radius 2 is 1.80 bits per heavy atom. The highest BCUT2D eigenvalue weighted by Gasteiger charge is 2.40. The fourth-order valence-electron chi connectivity index (χ4n) is 4.10. The van der Waals surface area contributed by atoms with Gasteiger partial charge in [-0.2, -0.15) is 0 Å². The van der Waals surface area contributed by atoms with E-state index in [1.165, 1.54) is 25.7 Å². The van der Waals surface area contributed by atoms with Gasteiger partial charge >= 0.3 is 0 Å². The lowest BCUT2D eigenvalue weighted by atomic mass is 9.87. The molecule has 1 aromatic carbocycles. The number of benzene rings is 1. The smallest absolute Gasteiger partial charge is 0.165 e. The van der Waals surface area contributed by atoms with Crippen molar-refractivity contribution in [1.29, 1.82) is 0 Å². The third-order valence-corrected chi connectivity index (χ3v) is 5.51. The molecule has 1 aromatic rings. The van der Waals surface area contributed by atoms with Crippen LogP contribution in [0.15, 0.2) is 29.3 Å². The Morgan fingerprint density at radius 1 is 1.08 bits per heavy atom. The summed E-state index contributed by atoms with van der Waals surface area (Å²) in [6.45, 7) is 3.50. The number of ether oxygens (including phenoxy) is 1. The monoisotopic (exact) mass is 344 g/mol. The zero-order valence-electron chi connectivity index (χ0n) is 15.5. The standard InChI is InChI=1S/C21H32N2O2/c1-2-25-19-14-12-18(13-15-19)21(24,17-9-6-7-10-17)23-20-11-5-3-4-8-16-22-20/h12-15,17,24H,2-11,16H2,1H3,(H,22,23). The fourth-order valence-corrected chi connectivity index (χ4v) is 4.10. The van der Waals surface area contributed by atoms with Crippen LogP contribution in [0, 0.1) is 5.92 Å². The minimum atomic E-state index is -1.03. The molecule has 1 heterocycles. The number of nitrogens with zero attached hydrogens (tertiary/aromatic N) is 1. The summed E-state index contributed by atoms with van der Waals surface area (Å²) in [4.78, 5) is 4.73. The molecule has 2 N–H and O–H groups in total. The van der Waals surface area contributed by atoms with Crippen LogP contribution in [0.3, 0.4) is 0 Å². The average molecular weight is 344 g/mol. The van der Waals surface area contributed by atoms with Crippen molar-refractivity contribution >= 4 is 5.84 Å². The molecule has 0 bridgehead atoms. The van der Waals surface area contributed by atoms with Crippen molar-refractivity contribution in [3.63, 3.8) is 0 Å². The largest absolute Gasteiger partial charge is 0.494 e. The lowest BCUT2D eigenvalue weighted by Gasteiger charge is -2.37. The van der Waals surface area contributed by atoms with E-state index in [0.717, 1.165) is 55.8 Å². The van der Waals surface area contributed by atoms with Gasteiger partial charge < -0.3 is 15.2 Å². The first-order valence-electron chi connectivity index (χ1n) is 9.99. The maximum Gasteiger partial charge on any atom is 0.165 e. The first-order chi connectivity index (χ1) is 12.2. The van der Waals surface area contributed by atoms with Gasteiger partial charge in [0.15, 0.2) is 5.72 Å². The second-order valence-corrected chi connectivity index (χ2v) is 7.32. The number of hydrogen-bond donors (Lipinski definition) is 2. The van der Waals surface area contributed by atoms with Crippen LogP contribution in [-0.2, 0) is 5.72 Å². The molecule has 0 amide bonds. The third kappa shape index (κ3) is 4.55. The SMILES string of the molecule is CCOc1ccc(C(O)(NC2=NCCCCCC2)C2CCCC2)cc1. The van der Waals surface area contributed by atoms with Crippen LogP contribution >= 0.6 is 0 Å². The lowest BCUT2D eigenvalue weighted by molar-refractivity contribution is -0.0375. The van der Waals surface area contributed by atoms with Gasteiger partial charge in [-0.15, -0.1) is 0 Å². The molecular weight excluding hydrogens is 312 g/mol. The van der Waals surface area contributed by atoms with Crippen molar-refractivity contribution in [2.45, 2.75) is 70.4 Å². The Bertz CT molecular complexity index is 564. The first kappa shape index (κ1) is 18.2. The average Bonchev–Trinajstić information content (AvgIpc) is 3.13. The predicted octanol–water partition coefficient (Wildman–Crippen LogP) is 4.37. The van der Waals surface area contributed by atoms with E-state index in [1.54, 1.807) is 0 Å². The van der Waals surface area contributed by atoms with Crippen molar-refractivity contribution in [3.05, 3.63) is 29.8 Å². The number of nitrogens with one attached hydrogen (secondary N) is 1. The van der Waals surface area contributed by atoms with Gasteiger partial charge in [-0.25, -0.2) is 0 Å². The summed E-state index contributed by atoms with van der Waals surface area (Å²) in [6.07, 6.45) is 10.3. The van der Waals surface area contributed by atoms with Gasteiger partial charge in [-0.1, -0.05) is 37.8 Å².